The summed E-state index contributed by atoms with van der Waals surface area (Å²) in [7, 11) is 0. The van der Waals surface area contributed by atoms with E-state index in [9.17, 15) is 0 Å². The zero-order chi connectivity index (χ0) is 41.9. The van der Waals surface area contributed by atoms with Gasteiger partial charge in [-0.25, -0.2) is 4.98 Å². The van der Waals surface area contributed by atoms with Crippen molar-refractivity contribution in [2.24, 2.45) is 0 Å². The van der Waals surface area contributed by atoms with Crippen LogP contribution in [0.5, 0.6) is 0 Å². The highest BCUT2D eigenvalue weighted by Crippen LogP contribution is 2.46. The fourth-order valence-electron chi connectivity index (χ4n) is 10.8. The van der Waals surface area contributed by atoms with Crippen molar-refractivity contribution in [2.75, 3.05) is 0 Å². The first-order valence-electron chi connectivity index (χ1n) is 21.9. The number of para-hydroxylation sites is 8. The molecule has 0 saturated heterocycles. The van der Waals surface area contributed by atoms with Gasteiger partial charge in [-0.3, -0.25) is 4.57 Å². The Hall–Kier alpha value is -8.67. The molecule has 0 aliphatic heterocycles. The van der Waals surface area contributed by atoms with Crippen LogP contribution >= 0.6 is 0 Å². The fourth-order valence-corrected chi connectivity index (χ4v) is 10.8. The second kappa shape index (κ2) is 13.4. The van der Waals surface area contributed by atoms with Gasteiger partial charge >= 0.3 is 0 Å². The van der Waals surface area contributed by atoms with Gasteiger partial charge in [0.05, 0.1) is 55.7 Å². The summed E-state index contributed by atoms with van der Waals surface area (Å²) < 4.78 is 9.90. The minimum atomic E-state index is 0.934. The first-order chi connectivity index (χ1) is 31.8. The Balaban J connectivity index is 1.25. The van der Waals surface area contributed by atoms with Gasteiger partial charge in [0.25, 0.3) is 0 Å². The van der Waals surface area contributed by atoms with Crippen molar-refractivity contribution in [1.29, 1.82) is 0 Å². The van der Waals surface area contributed by atoms with E-state index in [0.717, 1.165) is 88.9 Å². The molecule has 5 nitrogen and oxygen atoms in total. The first-order valence-corrected chi connectivity index (χ1v) is 21.9. The molecule has 298 valence electrons. The van der Waals surface area contributed by atoms with E-state index in [2.05, 4.69) is 231 Å². The standard InChI is InChI=1S/C59H37N5/c1-2-18-39(19-3-1)61-57-40(26-16-27-47(57)48-28-17-35-60-59(48)61)38-36-55(62-49-29-10-4-20-41(49)42-21-5-11-30-50(42)62)58(64-53-33-14-8-24-45(53)46-25-9-15-34-54(46)64)56(37-38)63-51-31-12-6-22-43(51)44-23-7-13-32-52(44)63/h1-37H. The number of benzene rings is 9. The Bertz CT molecular complexity index is 3900. The lowest BCUT2D eigenvalue weighted by atomic mass is 9.99. The monoisotopic (exact) mass is 815 g/mol. The number of rotatable bonds is 5. The average molecular weight is 816 g/mol. The van der Waals surface area contributed by atoms with Crippen LogP contribution in [-0.2, 0) is 0 Å². The van der Waals surface area contributed by atoms with Gasteiger partial charge in [-0.1, -0.05) is 146 Å². The van der Waals surface area contributed by atoms with Crippen molar-refractivity contribution in [1.82, 2.24) is 23.3 Å². The Morgan fingerprint density at radius 1 is 0.297 bits per heavy atom. The number of hydrogen-bond acceptors (Lipinski definition) is 1. The molecule has 64 heavy (non-hydrogen) atoms. The quantitative estimate of drug-likeness (QED) is 0.170. The minimum Gasteiger partial charge on any atom is -0.307 e. The molecule has 9 aromatic carbocycles. The molecule has 5 heteroatoms. The fraction of sp³-hybridized carbons (Fsp3) is 0. The van der Waals surface area contributed by atoms with E-state index in [-0.39, 0.29) is 0 Å². The van der Waals surface area contributed by atoms with E-state index < -0.39 is 0 Å². The maximum absolute atomic E-state index is 5.04. The molecule has 0 N–H and O–H groups in total. The van der Waals surface area contributed by atoms with E-state index in [4.69, 9.17) is 4.98 Å². The average Bonchev–Trinajstić information content (AvgIpc) is 4.09. The molecule has 0 saturated carbocycles. The van der Waals surface area contributed by atoms with Crippen molar-refractivity contribution >= 4 is 87.4 Å². The van der Waals surface area contributed by atoms with Crippen LogP contribution < -0.4 is 0 Å². The largest absolute Gasteiger partial charge is 0.307 e. The second-order valence-corrected chi connectivity index (χ2v) is 16.7. The number of aromatic nitrogens is 5. The molecule has 0 bridgehead atoms. The van der Waals surface area contributed by atoms with E-state index in [0.29, 0.717) is 0 Å². The topological polar surface area (TPSA) is 32.6 Å². The van der Waals surface area contributed by atoms with Crippen LogP contribution in [0.25, 0.3) is 121 Å². The van der Waals surface area contributed by atoms with Crippen LogP contribution in [0.2, 0.25) is 0 Å². The Morgan fingerprint density at radius 3 is 1.16 bits per heavy atom. The van der Waals surface area contributed by atoms with Crippen LogP contribution in [-0.4, -0.2) is 23.3 Å². The van der Waals surface area contributed by atoms with Crippen molar-refractivity contribution in [3.8, 4) is 33.9 Å². The third-order valence-electron chi connectivity index (χ3n) is 13.4. The molecule has 0 aliphatic carbocycles. The highest BCUT2D eigenvalue weighted by molar-refractivity contribution is 6.16. The summed E-state index contributed by atoms with van der Waals surface area (Å²) in [5.74, 6) is 0. The summed E-state index contributed by atoms with van der Waals surface area (Å²) in [6.07, 6.45) is 1.90. The molecule has 14 aromatic rings. The predicted octanol–water partition coefficient (Wildman–Crippen LogP) is 15.1. The zero-order valence-electron chi connectivity index (χ0n) is 34.6. The third-order valence-corrected chi connectivity index (χ3v) is 13.4. The van der Waals surface area contributed by atoms with Crippen molar-refractivity contribution < 1.29 is 0 Å². The molecular formula is C59H37N5. The zero-order valence-corrected chi connectivity index (χ0v) is 34.6. The predicted molar refractivity (Wildman–Crippen MR) is 267 cm³/mol. The van der Waals surface area contributed by atoms with E-state index in [1.165, 1.54) is 32.3 Å². The van der Waals surface area contributed by atoms with Gasteiger partial charge in [0.15, 0.2) is 0 Å². The number of hydrogen-bond donors (Lipinski definition) is 0. The van der Waals surface area contributed by atoms with Crippen LogP contribution in [0.1, 0.15) is 0 Å². The maximum Gasteiger partial charge on any atom is 0.145 e. The molecule has 5 heterocycles. The maximum atomic E-state index is 5.04. The Kier molecular flexibility index (Phi) is 7.33. The molecule has 0 atom stereocenters. The van der Waals surface area contributed by atoms with Gasteiger partial charge in [0, 0.05) is 60.5 Å². The van der Waals surface area contributed by atoms with E-state index in [1.54, 1.807) is 0 Å². The molecular weight excluding hydrogens is 779 g/mol. The van der Waals surface area contributed by atoms with Gasteiger partial charge in [-0.2, -0.15) is 0 Å². The van der Waals surface area contributed by atoms with Gasteiger partial charge < -0.3 is 13.7 Å². The summed E-state index contributed by atoms with van der Waals surface area (Å²) in [5.41, 5.74) is 15.5. The smallest absolute Gasteiger partial charge is 0.145 e. The number of nitrogens with zero attached hydrogens (tertiary/aromatic N) is 5. The van der Waals surface area contributed by atoms with Gasteiger partial charge in [-0.15, -0.1) is 0 Å². The molecule has 14 rings (SSSR count). The molecule has 0 unspecified atom stereocenters. The second-order valence-electron chi connectivity index (χ2n) is 16.7. The first kappa shape index (κ1) is 35.0. The van der Waals surface area contributed by atoms with Crippen molar-refractivity contribution in [3.05, 3.63) is 225 Å². The lowest BCUT2D eigenvalue weighted by Crippen LogP contribution is -2.10. The van der Waals surface area contributed by atoms with Crippen LogP contribution in [0, 0.1) is 0 Å². The highest BCUT2D eigenvalue weighted by atomic mass is 15.1. The molecule has 0 fully saturated rings. The SMILES string of the molecule is c1ccc(-n2c3ncccc3c3cccc(-c4cc(-n5c6ccccc6c6ccccc65)c(-n5c6ccccc6c6ccccc65)c(-n5c6ccccc6c6ccccc65)c4)c32)cc1. The summed E-state index contributed by atoms with van der Waals surface area (Å²) in [4.78, 5) is 5.04. The summed E-state index contributed by atoms with van der Waals surface area (Å²) >= 11 is 0. The van der Waals surface area contributed by atoms with Gasteiger partial charge in [0.1, 0.15) is 5.65 Å². The summed E-state index contributed by atoms with van der Waals surface area (Å²) in [6.45, 7) is 0. The van der Waals surface area contributed by atoms with Gasteiger partial charge in [0.2, 0.25) is 0 Å². The third kappa shape index (κ3) is 4.81. The minimum absolute atomic E-state index is 0.934. The van der Waals surface area contributed by atoms with Crippen molar-refractivity contribution in [3.63, 3.8) is 0 Å². The lowest BCUT2D eigenvalue weighted by Gasteiger charge is -2.24. The van der Waals surface area contributed by atoms with E-state index >= 15 is 0 Å². The lowest BCUT2D eigenvalue weighted by molar-refractivity contribution is 1.05. The molecule has 5 aromatic heterocycles. The Morgan fingerprint density at radius 2 is 0.688 bits per heavy atom. The van der Waals surface area contributed by atoms with Crippen LogP contribution in [0.4, 0.5) is 0 Å². The molecule has 0 aliphatic rings. The molecule has 0 amide bonds. The summed E-state index contributed by atoms with van der Waals surface area (Å²) in [5, 5.41) is 9.57. The molecule has 0 radical (unpaired) electrons. The number of fused-ring (bicyclic) bond motifs is 12. The van der Waals surface area contributed by atoms with E-state index in [1.807, 2.05) is 12.3 Å². The van der Waals surface area contributed by atoms with Gasteiger partial charge in [-0.05, 0) is 78.4 Å². The Labute approximate surface area is 367 Å². The number of pyridine rings is 1. The van der Waals surface area contributed by atoms with Crippen LogP contribution in [0.3, 0.4) is 0 Å². The van der Waals surface area contributed by atoms with Crippen LogP contribution in [0.15, 0.2) is 225 Å². The molecule has 0 spiro atoms. The van der Waals surface area contributed by atoms with Crippen molar-refractivity contribution in [2.45, 2.75) is 0 Å². The normalized spacial score (nSPS) is 12.1. The summed E-state index contributed by atoms with van der Waals surface area (Å²) in [6, 6.07) is 79.8. The highest BCUT2D eigenvalue weighted by Gasteiger charge is 2.27.